The third-order valence-electron chi connectivity index (χ3n) is 14.1. The van der Waals surface area contributed by atoms with E-state index in [9.17, 15) is 40.5 Å². The molecular weight excluding hydrogens is 1000 g/mol. The minimum absolute atomic E-state index is 0.0402. The molecule has 0 aromatic rings. The van der Waals surface area contributed by atoms with Crippen LogP contribution in [0.4, 0.5) is 0 Å². The van der Waals surface area contributed by atoms with E-state index in [0.717, 1.165) is 89.9 Å². The monoisotopic (exact) mass is 1110 g/mol. The zero-order valence-electron chi connectivity index (χ0n) is 48.8. The summed E-state index contributed by atoms with van der Waals surface area (Å²) in [5.41, 5.74) is 0. The number of unbranched alkanes of at least 4 members (excludes halogenated alkanes) is 19. The van der Waals surface area contributed by atoms with Crippen molar-refractivity contribution in [3.63, 3.8) is 0 Å². The molecule has 0 aromatic carbocycles. The van der Waals surface area contributed by atoms with Crippen molar-refractivity contribution in [1.82, 2.24) is 0 Å². The molecular formula is C65H110O14. The highest BCUT2D eigenvalue weighted by molar-refractivity contribution is 5.69. The van der Waals surface area contributed by atoms with Gasteiger partial charge in [0.15, 0.2) is 12.6 Å². The molecule has 2 fully saturated rings. The number of rotatable bonds is 49. The Bertz CT molecular complexity index is 1670. The zero-order chi connectivity index (χ0) is 57.2. The third-order valence-corrected chi connectivity index (χ3v) is 14.1. The number of esters is 1. The van der Waals surface area contributed by atoms with Gasteiger partial charge in [-0.25, -0.2) is 0 Å². The lowest BCUT2D eigenvalue weighted by molar-refractivity contribution is -0.332. The maximum atomic E-state index is 13.1. The van der Waals surface area contributed by atoms with E-state index in [0.29, 0.717) is 13.0 Å². The second-order valence-electron chi connectivity index (χ2n) is 21.1. The molecule has 2 saturated heterocycles. The Balaban J connectivity index is 1.70. The van der Waals surface area contributed by atoms with Gasteiger partial charge in [0, 0.05) is 13.0 Å². The van der Waals surface area contributed by atoms with Crippen molar-refractivity contribution in [3.8, 4) is 0 Å². The maximum absolute atomic E-state index is 13.1. The number of carbonyl (C=O) groups is 1. The highest BCUT2D eigenvalue weighted by atomic mass is 16.7. The van der Waals surface area contributed by atoms with Gasteiger partial charge < -0.3 is 64.2 Å². The minimum atomic E-state index is -1.72. The van der Waals surface area contributed by atoms with Gasteiger partial charge in [-0.1, -0.05) is 201 Å². The van der Waals surface area contributed by atoms with Crippen LogP contribution in [0.3, 0.4) is 0 Å². The molecule has 14 nitrogen and oxygen atoms in total. The van der Waals surface area contributed by atoms with E-state index in [1.807, 2.05) is 0 Å². The molecule has 7 N–H and O–H groups in total. The number of hydrogen-bond donors (Lipinski definition) is 7. The number of aliphatic hydroxyl groups is 7. The van der Waals surface area contributed by atoms with Crippen LogP contribution in [-0.4, -0.2) is 142 Å². The summed E-state index contributed by atoms with van der Waals surface area (Å²) >= 11 is 0. The molecule has 2 aliphatic rings. The number of ether oxygens (including phenoxy) is 6. The van der Waals surface area contributed by atoms with E-state index in [1.165, 1.54) is 89.9 Å². The van der Waals surface area contributed by atoms with Gasteiger partial charge in [0.05, 0.1) is 26.4 Å². The smallest absolute Gasteiger partial charge is 0.306 e. The van der Waals surface area contributed by atoms with Crippen molar-refractivity contribution >= 4 is 5.97 Å². The summed E-state index contributed by atoms with van der Waals surface area (Å²) in [7, 11) is 0. The Morgan fingerprint density at radius 1 is 0.430 bits per heavy atom. The first-order valence-electron chi connectivity index (χ1n) is 30.8. The van der Waals surface area contributed by atoms with Gasteiger partial charge in [0.1, 0.15) is 54.9 Å². The fourth-order valence-corrected chi connectivity index (χ4v) is 9.14. The lowest BCUT2D eigenvalue weighted by Crippen LogP contribution is -2.61. The molecule has 0 aliphatic carbocycles. The van der Waals surface area contributed by atoms with Crippen LogP contribution in [0.15, 0.2) is 97.2 Å². The van der Waals surface area contributed by atoms with Crippen molar-refractivity contribution in [2.45, 2.75) is 274 Å². The molecule has 0 spiro atoms. The van der Waals surface area contributed by atoms with Crippen LogP contribution >= 0.6 is 0 Å². The predicted molar refractivity (Wildman–Crippen MR) is 316 cm³/mol. The predicted octanol–water partition coefficient (Wildman–Crippen LogP) is 11.7. The van der Waals surface area contributed by atoms with Gasteiger partial charge in [-0.2, -0.15) is 0 Å². The Morgan fingerprint density at radius 2 is 0.823 bits per heavy atom. The molecule has 0 amide bonds. The summed E-state index contributed by atoms with van der Waals surface area (Å²) in [5.74, 6) is -0.410. The first-order valence-corrected chi connectivity index (χ1v) is 30.8. The number of allylic oxidation sites excluding steroid dienone is 16. The SMILES string of the molecule is CC/C=C\C/C=C\C/C=C\C/C=C\C/C=C\CCCCCC(=O)OC(COCCCCCCCCCCCCC/C=C\C/C=C\C/C=C\CCCCCCC)COC1OC(COC2OC(CO)C(O)C(O)C2O)C(O)C(O)C1O. The van der Waals surface area contributed by atoms with Gasteiger partial charge in [-0.15, -0.1) is 0 Å². The van der Waals surface area contributed by atoms with E-state index in [4.69, 9.17) is 28.4 Å². The topological polar surface area (TPSA) is 214 Å². The van der Waals surface area contributed by atoms with Crippen molar-refractivity contribution in [3.05, 3.63) is 97.2 Å². The van der Waals surface area contributed by atoms with Crippen molar-refractivity contribution in [2.75, 3.05) is 33.0 Å². The van der Waals surface area contributed by atoms with E-state index in [-0.39, 0.29) is 19.6 Å². The average Bonchev–Trinajstić information content (AvgIpc) is 3.46. The quantitative estimate of drug-likeness (QED) is 0.0172. The Hall–Kier alpha value is -3.09. The molecule has 2 rings (SSSR count). The van der Waals surface area contributed by atoms with Crippen LogP contribution in [0, 0.1) is 0 Å². The molecule has 0 bridgehead atoms. The highest BCUT2D eigenvalue weighted by Gasteiger charge is 2.47. The molecule has 454 valence electrons. The fourth-order valence-electron chi connectivity index (χ4n) is 9.14. The second-order valence-corrected chi connectivity index (χ2v) is 21.1. The molecule has 0 saturated carbocycles. The van der Waals surface area contributed by atoms with E-state index < -0.39 is 86.7 Å². The first-order chi connectivity index (χ1) is 38.6. The first kappa shape index (κ1) is 72.0. The van der Waals surface area contributed by atoms with Crippen LogP contribution in [0.25, 0.3) is 0 Å². The molecule has 14 heteroatoms. The van der Waals surface area contributed by atoms with Crippen molar-refractivity contribution in [1.29, 1.82) is 0 Å². The van der Waals surface area contributed by atoms with Crippen LogP contribution in [-0.2, 0) is 33.2 Å². The molecule has 11 atom stereocenters. The zero-order valence-corrected chi connectivity index (χ0v) is 48.8. The van der Waals surface area contributed by atoms with E-state index in [1.54, 1.807) is 0 Å². The largest absolute Gasteiger partial charge is 0.457 e. The van der Waals surface area contributed by atoms with Crippen molar-refractivity contribution < 1.29 is 69.0 Å². The number of hydrogen-bond acceptors (Lipinski definition) is 14. The van der Waals surface area contributed by atoms with Crippen LogP contribution in [0.2, 0.25) is 0 Å². The van der Waals surface area contributed by atoms with Gasteiger partial charge in [-0.05, 0) is 96.3 Å². The molecule has 0 radical (unpaired) electrons. The Kier molecular flexibility index (Phi) is 46.1. The summed E-state index contributed by atoms with van der Waals surface area (Å²) in [6.45, 7) is 3.51. The minimum Gasteiger partial charge on any atom is -0.457 e. The standard InChI is InChI=1S/C65H110O14/c1-3-5-7-9-11-13-15-17-19-21-23-24-25-26-27-28-29-31-33-35-37-39-41-43-45-47-49-74-51-54(77-57(67)48-46-44-42-40-38-36-34-32-30-22-20-18-16-14-12-10-8-6-4-2)52-75-64-63(73)61(71)59(69)56(79-64)53-76-65-62(72)60(70)58(68)55(50-66)78-65/h6,8,12,14-15,17-18,20-21,23,25-26,30,32,36,38,54-56,58-66,68-73H,3-5,7,9-11,13,16,19,22,24,27-29,31,33-35,37,39-53H2,1-2H3/b8-6-,14-12-,17-15-,20-18-,23-21-,26-25-,32-30-,38-36-. The third kappa shape index (κ3) is 36.9. The van der Waals surface area contributed by atoms with Gasteiger partial charge in [-0.3, -0.25) is 4.79 Å². The second kappa shape index (κ2) is 50.6. The Labute approximate surface area is 477 Å². The molecule has 2 aliphatic heterocycles. The summed E-state index contributed by atoms with van der Waals surface area (Å²) < 4.78 is 34.4. The number of carbonyl (C=O) groups excluding carboxylic acids is 1. The van der Waals surface area contributed by atoms with Crippen LogP contribution in [0.5, 0.6) is 0 Å². The average molecular weight is 1120 g/mol. The van der Waals surface area contributed by atoms with Crippen molar-refractivity contribution in [2.24, 2.45) is 0 Å². The molecule has 79 heavy (non-hydrogen) atoms. The van der Waals surface area contributed by atoms with Gasteiger partial charge in [0.25, 0.3) is 0 Å². The lowest BCUT2D eigenvalue weighted by Gasteiger charge is -2.42. The summed E-state index contributed by atoms with van der Waals surface area (Å²) in [6, 6.07) is 0. The highest BCUT2D eigenvalue weighted by Crippen LogP contribution is 2.26. The number of aliphatic hydroxyl groups excluding tert-OH is 7. The van der Waals surface area contributed by atoms with E-state index in [2.05, 4.69) is 111 Å². The summed E-state index contributed by atoms with van der Waals surface area (Å²) in [5, 5.41) is 72.4. The Morgan fingerprint density at radius 3 is 1.29 bits per heavy atom. The summed E-state index contributed by atoms with van der Waals surface area (Å²) in [4.78, 5) is 13.1. The molecule has 2 heterocycles. The van der Waals surface area contributed by atoms with Crippen LogP contribution in [0.1, 0.15) is 206 Å². The molecule has 0 aromatic heterocycles. The fraction of sp³-hybridized carbons (Fsp3) is 0.738. The normalized spacial score (nSPS) is 24.7. The van der Waals surface area contributed by atoms with Crippen LogP contribution < -0.4 is 0 Å². The maximum Gasteiger partial charge on any atom is 0.306 e. The lowest BCUT2D eigenvalue weighted by atomic mass is 9.98. The van der Waals surface area contributed by atoms with Gasteiger partial charge >= 0.3 is 5.97 Å². The van der Waals surface area contributed by atoms with E-state index >= 15 is 0 Å². The van der Waals surface area contributed by atoms with Gasteiger partial charge in [0.2, 0.25) is 0 Å². The molecule has 11 unspecified atom stereocenters. The summed E-state index contributed by atoms with van der Waals surface area (Å²) in [6.07, 6.45) is 51.8.